The van der Waals surface area contributed by atoms with Crippen LogP contribution in [0.3, 0.4) is 0 Å². The van der Waals surface area contributed by atoms with Crippen molar-refractivity contribution in [3.63, 3.8) is 0 Å². The Bertz CT molecular complexity index is 405. The molecule has 3 nitrogen and oxygen atoms in total. The van der Waals surface area contributed by atoms with Crippen molar-refractivity contribution in [3.05, 3.63) is 28.2 Å². The lowest BCUT2D eigenvalue weighted by atomic mass is 10.1. The molecule has 0 saturated carbocycles. The molecule has 0 aliphatic rings. The highest BCUT2D eigenvalue weighted by atomic mass is 16.1. The summed E-state index contributed by atoms with van der Waals surface area (Å²) in [5, 5.41) is 0. The maximum Gasteiger partial charge on any atom is 0.273 e. The normalized spacial score (nSPS) is 11.4. The fraction of sp³-hybridized carbons (Fsp3) is 0.615. The molecule has 0 spiro atoms. The van der Waals surface area contributed by atoms with E-state index in [1.807, 2.05) is 10.6 Å². The highest BCUT2D eigenvalue weighted by Gasteiger charge is 2.10. The van der Waals surface area contributed by atoms with Gasteiger partial charge in [0.05, 0.1) is 5.69 Å². The average molecular weight is 222 g/mol. The zero-order valence-electron chi connectivity index (χ0n) is 10.7. The first-order valence-electron chi connectivity index (χ1n) is 5.92. The van der Waals surface area contributed by atoms with Gasteiger partial charge in [0.25, 0.3) is 5.56 Å². The number of anilines is 1. The molecule has 0 amide bonds. The van der Waals surface area contributed by atoms with Crippen molar-refractivity contribution in [2.24, 2.45) is 5.92 Å². The van der Waals surface area contributed by atoms with E-state index in [2.05, 4.69) is 27.7 Å². The summed E-state index contributed by atoms with van der Waals surface area (Å²) in [6, 6.07) is 3.67. The van der Waals surface area contributed by atoms with Crippen LogP contribution >= 0.6 is 0 Å². The summed E-state index contributed by atoms with van der Waals surface area (Å²) < 4.78 is 1.82. The van der Waals surface area contributed by atoms with E-state index in [0.29, 0.717) is 17.5 Å². The maximum absolute atomic E-state index is 11.9. The molecular weight excluding hydrogens is 200 g/mol. The van der Waals surface area contributed by atoms with E-state index in [1.54, 1.807) is 6.07 Å². The van der Waals surface area contributed by atoms with E-state index in [9.17, 15) is 4.79 Å². The minimum Gasteiger partial charge on any atom is -0.394 e. The largest absolute Gasteiger partial charge is 0.394 e. The van der Waals surface area contributed by atoms with Crippen LogP contribution in [0.1, 0.15) is 45.7 Å². The van der Waals surface area contributed by atoms with Crippen LogP contribution in [0.15, 0.2) is 16.9 Å². The van der Waals surface area contributed by atoms with E-state index in [-0.39, 0.29) is 5.56 Å². The smallest absolute Gasteiger partial charge is 0.273 e. The fourth-order valence-electron chi connectivity index (χ4n) is 1.73. The molecule has 0 aliphatic carbocycles. The second kappa shape index (κ2) is 5.19. The lowest BCUT2D eigenvalue weighted by Crippen LogP contribution is -2.26. The van der Waals surface area contributed by atoms with Crippen molar-refractivity contribution in [2.75, 3.05) is 5.73 Å². The van der Waals surface area contributed by atoms with Crippen molar-refractivity contribution >= 4 is 5.69 Å². The molecule has 0 aliphatic heterocycles. The van der Waals surface area contributed by atoms with Gasteiger partial charge in [-0.15, -0.1) is 0 Å². The molecule has 0 atom stereocenters. The minimum atomic E-state index is -0.0492. The Morgan fingerprint density at radius 3 is 2.38 bits per heavy atom. The van der Waals surface area contributed by atoms with Crippen LogP contribution in [0, 0.1) is 5.92 Å². The van der Waals surface area contributed by atoms with Crippen molar-refractivity contribution in [2.45, 2.75) is 46.6 Å². The number of aromatic nitrogens is 1. The van der Waals surface area contributed by atoms with Crippen LogP contribution in [0.5, 0.6) is 0 Å². The molecule has 0 radical (unpaired) electrons. The van der Waals surface area contributed by atoms with E-state index in [0.717, 1.165) is 18.7 Å². The van der Waals surface area contributed by atoms with Gasteiger partial charge >= 0.3 is 0 Å². The van der Waals surface area contributed by atoms with E-state index in [4.69, 9.17) is 5.73 Å². The maximum atomic E-state index is 11.9. The fourth-order valence-corrected chi connectivity index (χ4v) is 1.73. The van der Waals surface area contributed by atoms with Crippen molar-refractivity contribution in [1.82, 2.24) is 4.57 Å². The summed E-state index contributed by atoms with van der Waals surface area (Å²) in [6.45, 7) is 9.27. The van der Waals surface area contributed by atoms with Gasteiger partial charge in [-0.25, -0.2) is 0 Å². The number of pyridine rings is 1. The molecule has 90 valence electrons. The molecule has 3 heteroatoms. The molecule has 16 heavy (non-hydrogen) atoms. The van der Waals surface area contributed by atoms with Gasteiger partial charge < -0.3 is 10.3 Å². The van der Waals surface area contributed by atoms with E-state index < -0.39 is 0 Å². The van der Waals surface area contributed by atoms with E-state index >= 15 is 0 Å². The molecule has 1 aromatic rings. The van der Waals surface area contributed by atoms with Gasteiger partial charge in [-0.2, -0.15) is 0 Å². The Labute approximate surface area is 97.3 Å². The molecule has 1 rings (SSSR count). The van der Waals surface area contributed by atoms with Gasteiger partial charge in [-0.1, -0.05) is 27.7 Å². The quantitative estimate of drug-likeness (QED) is 0.851. The van der Waals surface area contributed by atoms with Crippen LogP contribution in [0.4, 0.5) is 5.69 Å². The highest BCUT2D eigenvalue weighted by Crippen LogP contribution is 2.15. The summed E-state index contributed by atoms with van der Waals surface area (Å²) in [4.78, 5) is 11.9. The topological polar surface area (TPSA) is 48.0 Å². The van der Waals surface area contributed by atoms with Crippen molar-refractivity contribution < 1.29 is 0 Å². The lowest BCUT2D eigenvalue weighted by Gasteiger charge is -2.17. The molecule has 1 aromatic heterocycles. The number of nitrogens with two attached hydrogens (primary N) is 1. The summed E-state index contributed by atoms with van der Waals surface area (Å²) in [6.07, 6.45) is 1.00. The highest BCUT2D eigenvalue weighted by molar-refractivity contribution is 5.36. The average Bonchev–Trinajstić information content (AvgIpc) is 2.19. The van der Waals surface area contributed by atoms with Crippen LogP contribution in [0.25, 0.3) is 0 Å². The minimum absolute atomic E-state index is 0.0492. The molecule has 2 N–H and O–H groups in total. The first kappa shape index (κ1) is 12.8. The molecule has 0 saturated heterocycles. The zero-order chi connectivity index (χ0) is 12.3. The first-order valence-corrected chi connectivity index (χ1v) is 5.92. The number of hydrogen-bond donors (Lipinski definition) is 1. The Balaban J connectivity index is 3.11. The number of nitrogens with zero attached hydrogens (tertiary/aromatic N) is 1. The van der Waals surface area contributed by atoms with Gasteiger partial charge in [0.2, 0.25) is 0 Å². The molecule has 0 fully saturated rings. The Hall–Kier alpha value is -1.25. The number of nitrogen functional groups attached to an aromatic ring is 1. The molecular formula is C13H22N2O. The van der Waals surface area contributed by atoms with Gasteiger partial charge in [0.1, 0.15) is 0 Å². The van der Waals surface area contributed by atoms with Gasteiger partial charge in [0.15, 0.2) is 0 Å². The summed E-state index contributed by atoms with van der Waals surface area (Å²) in [5.41, 5.74) is 7.02. The first-order chi connectivity index (χ1) is 7.43. The standard InChI is InChI=1S/C13H22N2O/c1-9(2)7-8-15-12(10(3)4)6-5-11(14)13(15)16/h5-6,9-10H,7-8,14H2,1-4H3. The monoisotopic (exact) mass is 222 g/mol. The number of hydrogen-bond acceptors (Lipinski definition) is 2. The van der Waals surface area contributed by atoms with Crippen molar-refractivity contribution in [3.8, 4) is 0 Å². The SMILES string of the molecule is CC(C)CCn1c(C(C)C)ccc(N)c1=O. The molecule has 1 heterocycles. The van der Waals surface area contributed by atoms with Crippen LogP contribution in [-0.4, -0.2) is 4.57 Å². The second-order valence-corrected chi connectivity index (χ2v) is 5.01. The van der Waals surface area contributed by atoms with Gasteiger partial charge in [0, 0.05) is 12.2 Å². The second-order valence-electron chi connectivity index (χ2n) is 5.01. The van der Waals surface area contributed by atoms with Crippen molar-refractivity contribution in [1.29, 1.82) is 0 Å². The molecule has 0 bridgehead atoms. The summed E-state index contributed by atoms with van der Waals surface area (Å²) in [5.74, 6) is 0.939. The van der Waals surface area contributed by atoms with E-state index in [1.165, 1.54) is 0 Å². The number of rotatable bonds is 4. The predicted molar refractivity (Wildman–Crippen MR) is 68.7 cm³/mol. The summed E-state index contributed by atoms with van der Waals surface area (Å²) in [7, 11) is 0. The molecule has 0 unspecified atom stereocenters. The lowest BCUT2D eigenvalue weighted by molar-refractivity contribution is 0.491. The van der Waals surface area contributed by atoms with Gasteiger partial charge in [-0.3, -0.25) is 4.79 Å². The third-order valence-corrected chi connectivity index (χ3v) is 2.76. The van der Waals surface area contributed by atoms with Crippen LogP contribution in [-0.2, 0) is 6.54 Å². The van der Waals surface area contributed by atoms with Crippen LogP contribution < -0.4 is 11.3 Å². The third kappa shape index (κ3) is 2.87. The summed E-state index contributed by atoms with van der Waals surface area (Å²) >= 11 is 0. The Morgan fingerprint density at radius 2 is 1.88 bits per heavy atom. The predicted octanol–water partition coefficient (Wildman–Crippen LogP) is 2.60. The van der Waals surface area contributed by atoms with Gasteiger partial charge in [-0.05, 0) is 30.4 Å². The molecule has 0 aromatic carbocycles. The zero-order valence-corrected chi connectivity index (χ0v) is 10.7. The third-order valence-electron chi connectivity index (χ3n) is 2.76. The Morgan fingerprint density at radius 1 is 1.25 bits per heavy atom. The Kier molecular flexibility index (Phi) is 4.16. The van der Waals surface area contributed by atoms with Crippen LogP contribution in [0.2, 0.25) is 0 Å².